The lowest BCUT2D eigenvalue weighted by Gasteiger charge is -2.09. The van der Waals surface area contributed by atoms with Gasteiger partial charge in [-0.1, -0.05) is 27.5 Å². The molecule has 0 saturated carbocycles. The first kappa shape index (κ1) is 15.7. The summed E-state index contributed by atoms with van der Waals surface area (Å²) in [6.07, 6.45) is 0.909. The van der Waals surface area contributed by atoms with Crippen LogP contribution in [0.15, 0.2) is 45.9 Å². The Balaban J connectivity index is 2.34. The molecule has 110 valence electrons. The largest absolute Gasteiger partial charge is 0.363 e. The van der Waals surface area contributed by atoms with Crippen LogP contribution in [0.3, 0.4) is 0 Å². The number of hydrogen-bond donors (Lipinski definition) is 1. The van der Waals surface area contributed by atoms with Gasteiger partial charge in [0.25, 0.3) is 10.0 Å². The normalized spacial score (nSPS) is 11.1. The van der Waals surface area contributed by atoms with Crippen LogP contribution in [0, 0.1) is 10.1 Å². The highest BCUT2D eigenvalue weighted by Gasteiger charge is 2.19. The second-order valence-electron chi connectivity index (χ2n) is 3.84. The molecule has 21 heavy (non-hydrogen) atoms. The molecule has 1 aromatic carbocycles. The maximum absolute atomic E-state index is 12.2. The SMILES string of the molecule is O=[N+]([O-])c1ccc(S(=O)(=O)Nc2cc(Br)ccc2Cl)cn1. The summed E-state index contributed by atoms with van der Waals surface area (Å²) in [5.41, 5.74) is 0.185. The first-order chi connectivity index (χ1) is 9.79. The number of nitro groups is 1. The van der Waals surface area contributed by atoms with Gasteiger partial charge in [-0.15, -0.1) is 0 Å². The van der Waals surface area contributed by atoms with Gasteiger partial charge in [0, 0.05) is 10.5 Å². The van der Waals surface area contributed by atoms with Crippen molar-refractivity contribution in [3.8, 4) is 0 Å². The van der Waals surface area contributed by atoms with Crippen molar-refractivity contribution in [3.05, 3.63) is 56.1 Å². The quantitative estimate of drug-likeness (QED) is 0.636. The van der Waals surface area contributed by atoms with E-state index in [9.17, 15) is 18.5 Å². The van der Waals surface area contributed by atoms with Crippen LogP contribution in [0.2, 0.25) is 5.02 Å². The number of sulfonamides is 1. The molecule has 2 rings (SSSR count). The van der Waals surface area contributed by atoms with E-state index in [2.05, 4.69) is 25.6 Å². The summed E-state index contributed by atoms with van der Waals surface area (Å²) in [5, 5.41) is 10.7. The number of aromatic nitrogens is 1. The van der Waals surface area contributed by atoms with Crippen LogP contribution in [0.4, 0.5) is 11.5 Å². The smallest absolute Gasteiger partial charge is 0.358 e. The lowest BCUT2D eigenvalue weighted by atomic mass is 10.3. The van der Waals surface area contributed by atoms with Crippen LogP contribution in [-0.4, -0.2) is 18.3 Å². The van der Waals surface area contributed by atoms with E-state index in [1.807, 2.05) is 0 Å². The van der Waals surface area contributed by atoms with Crippen molar-refractivity contribution in [1.82, 2.24) is 4.98 Å². The van der Waals surface area contributed by atoms with Crippen LogP contribution in [0.25, 0.3) is 0 Å². The topological polar surface area (TPSA) is 102 Å². The lowest BCUT2D eigenvalue weighted by molar-refractivity contribution is -0.389. The van der Waals surface area contributed by atoms with E-state index in [1.54, 1.807) is 6.07 Å². The van der Waals surface area contributed by atoms with E-state index in [0.717, 1.165) is 18.3 Å². The van der Waals surface area contributed by atoms with Crippen molar-refractivity contribution in [2.24, 2.45) is 0 Å². The third-order valence-electron chi connectivity index (χ3n) is 2.39. The number of anilines is 1. The highest BCUT2D eigenvalue weighted by molar-refractivity contribution is 9.10. The zero-order chi connectivity index (χ0) is 15.6. The molecule has 0 aliphatic rings. The third kappa shape index (κ3) is 3.69. The van der Waals surface area contributed by atoms with Crippen LogP contribution in [0.1, 0.15) is 0 Å². The Morgan fingerprint density at radius 3 is 2.57 bits per heavy atom. The second-order valence-corrected chi connectivity index (χ2v) is 6.84. The van der Waals surface area contributed by atoms with E-state index in [1.165, 1.54) is 12.1 Å². The van der Waals surface area contributed by atoms with E-state index >= 15 is 0 Å². The fourth-order valence-electron chi connectivity index (χ4n) is 1.42. The van der Waals surface area contributed by atoms with Crippen LogP contribution in [-0.2, 0) is 10.0 Å². The van der Waals surface area contributed by atoms with Crippen molar-refractivity contribution in [2.75, 3.05) is 4.72 Å². The van der Waals surface area contributed by atoms with Crippen molar-refractivity contribution in [3.63, 3.8) is 0 Å². The fourth-order valence-corrected chi connectivity index (χ4v) is 3.02. The second kappa shape index (κ2) is 5.96. The predicted octanol–water partition coefficient (Wildman–Crippen LogP) is 3.21. The van der Waals surface area contributed by atoms with Gasteiger partial charge >= 0.3 is 5.82 Å². The average molecular weight is 393 g/mol. The summed E-state index contributed by atoms with van der Waals surface area (Å²) < 4.78 is 27.2. The zero-order valence-corrected chi connectivity index (χ0v) is 13.3. The van der Waals surface area contributed by atoms with Crippen molar-refractivity contribution in [1.29, 1.82) is 0 Å². The molecule has 0 aliphatic heterocycles. The molecular weight excluding hydrogens is 386 g/mol. The molecule has 1 heterocycles. The minimum atomic E-state index is -3.94. The maximum Gasteiger partial charge on any atom is 0.363 e. The van der Waals surface area contributed by atoms with Crippen molar-refractivity contribution < 1.29 is 13.3 Å². The van der Waals surface area contributed by atoms with E-state index in [0.29, 0.717) is 4.47 Å². The third-order valence-corrected chi connectivity index (χ3v) is 4.56. The molecule has 10 heteroatoms. The van der Waals surface area contributed by atoms with Gasteiger partial charge in [-0.3, -0.25) is 4.72 Å². The molecule has 7 nitrogen and oxygen atoms in total. The minimum absolute atomic E-state index is 0.185. The molecule has 0 bridgehead atoms. The highest BCUT2D eigenvalue weighted by atomic mass is 79.9. The summed E-state index contributed by atoms with van der Waals surface area (Å²) >= 11 is 9.11. The van der Waals surface area contributed by atoms with E-state index < -0.39 is 20.8 Å². The van der Waals surface area contributed by atoms with Gasteiger partial charge in [-0.2, -0.15) is 0 Å². The van der Waals surface area contributed by atoms with Gasteiger partial charge in [-0.05, 0) is 34.2 Å². The van der Waals surface area contributed by atoms with Gasteiger partial charge in [-0.25, -0.2) is 8.42 Å². The zero-order valence-electron chi connectivity index (χ0n) is 10.2. The Morgan fingerprint density at radius 1 is 1.29 bits per heavy atom. The van der Waals surface area contributed by atoms with Gasteiger partial charge < -0.3 is 10.1 Å². The maximum atomic E-state index is 12.2. The molecule has 0 spiro atoms. The number of hydrogen-bond acceptors (Lipinski definition) is 5. The predicted molar refractivity (Wildman–Crippen MR) is 80.9 cm³/mol. The first-order valence-electron chi connectivity index (χ1n) is 5.38. The average Bonchev–Trinajstić information content (AvgIpc) is 2.43. The number of rotatable bonds is 4. The molecule has 0 radical (unpaired) electrons. The summed E-state index contributed by atoms with van der Waals surface area (Å²) in [4.78, 5) is 13.0. The van der Waals surface area contributed by atoms with Crippen LogP contribution < -0.4 is 4.72 Å². The van der Waals surface area contributed by atoms with Gasteiger partial charge in [0.05, 0.1) is 10.7 Å². The first-order valence-corrected chi connectivity index (χ1v) is 8.03. The molecule has 2 aromatic rings. The molecule has 0 amide bonds. The van der Waals surface area contributed by atoms with E-state index in [4.69, 9.17) is 11.6 Å². The summed E-state index contributed by atoms with van der Waals surface area (Å²) in [7, 11) is -3.94. The minimum Gasteiger partial charge on any atom is -0.358 e. The molecule has 0 saturated heterocycles. The number of pyridine rings is 1. The van der Waals surface area contributed by atoms with Crippen LogP contribution in [0.5, 0.6) is 0 Å². The number of benzene rings is 1. The Hall–Kier alpha value is -1.71. The van der Waals surface area contributed by atoms with Gasteiger partial charge in [0.1, 0.15) is 4.90 Å². The van der Waals surface area contributed by atoms with Gasteiger partial charge in [0.15, 0.2) is 6.20 Å². The summed E-state index contributed by atoms with van der Waals surface area (Å²) in [6, 6.07) is 6.79. The number of halogens is 2. The fraction of sp³-hybridized carbons (Fsp3) is 0. The molecule has 1 aromatic heterocycles. The summed E-state index contributed by atoms with van der Waals surface area (Å²) in [5.74, 6) is -0.436. The lowest BCUT2D eigenvalue weighted by Crippen LogP contribution is -2.13. The molecule has 1 N–H and O–H groups in total. The highest BCUT2D eigenvalue weighted by Crippen LogP contribution is 2.28. The van der Waals surface area contributed by atoms with Crippen molar-refractivity contribution >= 4 is 49.1 Å². The molecular formula is C11H7BrClN3O4S. The molecule has 0 atom stereocenters. The van der Waals surface area contributed by atoms with E-state index in [-0.39, 0.29) is 15.6 Å². The summed E-state index contributed by atoms with van der Waals surface area (Å²) in [6.45, 7) is 0. The van der Waals surface area contributed by atoms with Crippen LogP contribution >= 0.6 is 27.5 Å². The van der Waals surface area contributed by atoms with Crippen molar-refractivity contribution in [2.45, 2.75) is 4.90 Å². The molecule has 0 fully saturated rings. The molecule has 0 unspecified atom stereocenters. The number of nitrogens with zero attached hydrogens (tertiary/aromatic N) is 2. The monoisotopic (exact) mass is 391 g/mol. The Bertz CT molecular complexity index is 796. The van der Waals surface area contributed by atoms with Gasteiger partial charge in [0.2, 0.25) is 0 Å². The molecule has 0 aliphatic carbocycles. The standard InChI is InChI=1S/C11H7BrClN3O4S/c12-7-1-3-9(13)10(5-7)15-21(19,20)8-2-4-11(14-6-8)16(17)18/h1-6,15H. The number of nitrogens with one attached hydrogen (secondary N) is 1. The Morgan fingerprint density at radius 2 is 2.00 bits per heavy atom. The Kier molecular flexibility index (Phi) is 4.45. The Labute approximate surface area is 133 Å².